The standard InChI is InChI=1S/C33H26Cl2N2O6/c1-2-39-30-15-20(7-14-28(30)41-18-21-5-3-4-6-27(21)35)32-25-13-12-24(16-29(25)43-33(37)26(32)17-36)42-31(38)19-40-23-10-8-22(34)9-11-23/h3-16,32H,2,18-19,37H2,1H3. The van der Waals surface area contributed by atoms with Crippen molar-refractivity contribution in [2.75, 3.05) is 13.2 Å². The van der Waals surface area contributed by atoms with E-state index in [1.165, 1.54) is 0 Å². The van der Waals surface area contributed by atoms with E-state index in [0.717, 1.165) is 11.1 Å². The number of rotatable bonds is 10. The van der Waals surface area contributed by atoms with Crippen molar-refractivity contribution in [2.45, 2.75) is 19.4 Å². The molecule has 1 unspecified atom stereocenters. The molecular formula is C33H26Cl2N2O6. The van der Waals surface area contributed by atoms with Crippen LogP contribution in [0.4, 0.5) is 0 Å². The highest BCUT2D eigenvalue weighted by molar-refractivity contribution is 6.31. The number of ether oxygens (including phenoxy) is 5. The number of hydrogen-bond acceptors (Lipinski definition) is 8. The van der Waals surface area contributed by atoms with Gasteiger partial charge in [-0.2, -0.15) is 5.26 Å². The maximum atomic E-state index is 12.4. The summed E-state index contributed by atoms with van der Waals surface area (Å²) in [5, 5.41) is 11.2. The Balaban J connectivity index is 1.37. The van der Waals surface area contributed by atoms with E-state index >= 15 is 0 Å². The smallest absolute Gasteiger partial charge is 0.349 e. The Morgan fingerprint density at radius 2 is 1.70 bits per heavy atom. The third-order valence-electron chi connectivity index (χ3n) is 6.53. The van der Waals surface area contributed by atoms with E-state index in [0.29, 0.717) is 45.2 Å². The van der Waals surface area contributed by atoms with Gasteiger partial charge in [0, 0.05) is 27.2 Å². The minimum Gasteiger partial charge on any atom is -0.490 e. The van der Waals surface area contributed by atoms with Crippen LogP contribution in [0.3, 0.4) is 0 Å². The zero-order valence-corrected chi connectivity index (χ0v) is 24.5. The maximum Gasteiger partial charge on any atom is 0.349 e. The lowest BCUT2D eigenvalue weighted by Gasteiger charge is -2.27. The molecule has 5 rings (SSSR count). The third-order valence-corrected chi connectivity index (χ3v) is 7.16. The summed E-state index contributed by atoms with van der Waals surface area (Å²) < 4.78 is 28.6. The number of carbonyl (C=O) groups excluding carboxylic acids is 1. The van der Waals surface area contributed by atoms with Gasteiger partial charge in [0.15, 0.2) is 18.1 Å². The van der Waals surface area contributed by atoms with Crippen molar-refractivity contribution in [3.8, 4) is 34.8 Å². The molecule has 4 aromatic rings. The summed E-state index contributed by atoms with van der Waals surface area (Å²) in [5.41, 5.74) is 8.66. The van der Waals surface area contributed by atoms with E-state index in [1.807, 2.05) is 37.3 Å². The summed E-state index contributed by atoms with van der Waals surface area (Å²) in [6.45, 7) is 2.21. The molecule has 218 valence electrons. The molecule has 0 bridgehead atoms. The van der Waals surface area contributed by atoms with Gasteiger partial charge in [0.25, 0.3) is 0 Å². The molecule has 10 heteroatoms. The predicted molar refractivity (Wildman–Crippen MR) is 162 cm³/mol. The van der Waals surface area contributed by atoms with Gasteiger partial charge in [-0.3, -0.25) is 0 Å². The molecule has 0 amide bonds. The molecule has 0 radical (unpaired) electrons. The molecule has 43 heavy (non-hydrogen) atoms. The lowest BCUT2D eigenvalue weighted by Crippen LogP contribution is -2.22. The van der Waals surface area contributed by atoms with Crippen LogP contribution in [-0.2, 0) is 11.4 Å². The zero-order valence-electron chi connectivity index (χ0n) is 23.0. The topological polar surface area (TPSA) is 113 Å². The van der Waals surface area contributed by atoms with Crippen LogP contribution in [-0.4, -0.2) is 19.2 Å². The normalized spacial score (nSPS) is 13.8. The molecule has 0 fully saturated rings. The second-order valence-corrected chi connectivity index (χ2v) is 10.2. The number of allylic oxidation sites excluding steroid dienone is 1. The molecule has 1 aliphatic heterocycles. The average Bonchev–Trinajstić information content (AvgIpc) is 3.00. The van der Waals surface area contributed by atoms with E-state index in [1.54, 1.807) is 54.6 Å². The quantitative estimate of drug-likeness (QED) is 0.147. The summed E-state index contributed by atoms with van der Waals surface area (Å²) in [6, 6.07) is 26.6. The van der Waals surface area contributed by atoms with Crippen LogP contribution in [0.25, 0.3) is 0 Å². The molecule has 0 aromatic heterocycles. The van der Waals surface area contributed by atoms with Crippen LogP contribution in [0.1, 0.15) is 29.5 Å². The van der Waals surface area contributed by atoms with Crippen LogP contribution >= 0.6 is 23.2 Å². The fraction of sp³-hybridized carbons (Fsp3) is 0.152. The molecule has 4 aromatic carbocycles. The molecule has 0 saturated carbocycles. The molecular weight excluding hydrogens is 591 g/mol. The SMILES string of the molecule is CCOc1cc(C2C(C#N)=C(N)Oc3cc(OC(=O)COc4ccc(Cl)cc4)ccc32)ccc1OCc1ccccc1Cl. The molecule has 1 heterocycles. The number of benzene rings is 4. The second kappa shape index (κ2) is 13.4. The molecule has 1 atom stereocenters. The van der Waals surface area contributed by atoms with Gasteiger partial charge in [0.1, 0.15) is 35.5 Å². The summed E-state index contributed by atoms with van der Waals surface area (Å²) in [7, 11) is 0. The van der Waals surface area contributed by atoms with Gasteiger partial charge in [0.2, 0.25) is 5.88 Å². The lowest BCUT2D eigenvalue weighted by molar-refractivity contribution is -0.136. The Bertz CT molecular complexity index is 1720. The number of nitrogens with zero attached hydrogens (tertiary/aromatic N) is 1. The molecule has 0 saturated heterocycles. The van der Waals surface area contributed by atoms with E-state index in [9.17, 15) is 10.1 Å². The van der Waals surface area contributed by atoms with Crippen molar-refractivity contribution in [3.05, 3.63) is 123 Å². The molecule has 8 nitrogen and oxygen atoms in total. The Morgan fingerprint density at radius 3 is 2.44 bits per heavy atom. The minimum absolute atomic E-state index is 0.0495. The van der Waals surface area contributed by atoms with E-state index in [4.69, 9.17) is 52.6 Å². The number of fused-ring (bicyclic) bond motifs is 1. The number of nitriles is 1. The first kappa shape index (κ1) is 29.6. The first-order valence-electron chi connectivity index (χ1n) is 13.3. The first-order valence-corrected chi connectivity index (χ1v) is 14.1. The second-order valence-electron chi connectivity index (χ2n) is 9.36. The zero-order chi connectivity index (χ0) is 30.3. The summed E-state index contributed by atoms with van der Waals surface area (Å²) >= 11 is 12.2. The van der Waals surface area contributed by atoms with Gasteiger partial charge >= 0.3 is 5.97 Å². The van der Waals surface area contributed by atoms with Crippen LogP contribution in [0, 0.1) is 11.3 Å². The minimum atomic E-state index is -0.614. The fourth-order valence-corrected chi connectivity index (χ4v) is 4.86. The van der Waals surface area contributed by atoms with E-state index < -0.39 is 11.9 Å². The van der Waals surface area contributed by atoms with Gasteiger partial charge < -0.3 is 29.4 Å². The number of esters is 1. The van der Waals surface area contributed by atoms with Crippen molar-refractivity contribution < 1.29 is 28.5 Å². The Morgan fingerprint density at radius 1 is 0.930 bits per heavy atom. The summed E-state index contributed by atoms with van der Waals surface area (Å²) in [6.07, 6.45) is 0. The van der Waals surface area contributed by atoms with Crippen LogP contribution in [0.15, 0.2) is 96.4 Å². The van der Waals surface area contributed by atoms with Crippen LogP contribution < -0.4 is 29.4 Å². The molecule has 0 spiro atoms. The highest BCUT2D eigenvalue weighted by atomic mass is 35.5. The van der Waals surface area contributed by atoms with Gasteiger partial charge in [0.05, 0.1) is 12.5 Å². The lowest BCUT2D eigenvalue weighted by atomic mass is 9.83. The summed E-state index contributed by atoms with van der Waals surface area (Å²) in [5.74, 6) is 0.855. The molecule has 0 aliphatic carbocycles. The van der Waals surface area contributed by atoms with Gasteiger partial charge in [-0.1, -0.05) is 53.5 Å². The maximum absolute atomic E-state index is 12.4. The largest absolute Gasteiger partial charge is 0.490 e. The number of halogens is 2. The van der Waals surface area contributed by atoms with Crippen molar-refractivity contribution in [1.29, 1.82) is 5.26 Å². The highest BCUT2D eigenvalue weighted by Gasteiger charge is 2.32. The van der Waals surface area contributed by atoms with E-state index in [-0.39, 0.29) is 30.4 Å². The number of hydrogen-bond donors (Lipinski definition) is 1. The number of carbonyl (C=O) groups is 1. The predicted octanol–water partition coefficient (Wildman–Crippen LogP) is 7.17. The molecule has 2 N–H and O–H groups in total. The highest BCUT2D eigenvalue weighted by Crippen LogP contribution is 2.45. The van der Waals surface area contributed by atoms with Gasteiger partial charge in [-0.05, 0) is 61.0 Å². The molecule has 1 aliphatic rings. The fourth-order valence-electron chi connectivity index (χ4n) is 4.54. The van der Waals surface area contributed by atoms with Gasteiger partial charge in [-0.25, -0.2) is 4.79 Å². The third kappa shape index (κ3) is 6.97. The monoisotopic (exact) mass is 616 g/mol. The van der Waals surface area contributed by atoms with Crippen molar-refractivity contribution in [2.24, 2.45) is 5.73 Å². The Kier molecular flexibility index (Phi) is 9.26. The van der Waals surface area contributed by atoms with E-state index in [2.05, 4.69) is 6.07 Å². The van der Waals surface area contributed by atoms with Crippen molar-refractivity contribution >= 4 is 29.2 Å². The Hall–Kier alpha value is -4.84. The Labute approximate surface area is 258 Å². The van der Waals surface area contributed by atoms with Gasteiger partial charge in [-0.15, -0.1) is 0 Å². The summed E-state index contributed by atoms with van der Waals surface area (Å²) in [4.78, 5) is 12.4. The van der Waals surface area contributed by atoms with Crippen LogP contribution in [0.2, 0.25) is 10.0 Å². The van der Waals surface area contributed by atoms with Crippen molar-refractivity contribution in [3.63, 3.8) is 0 Å². The average molecular weight is 617 g/mol. The first-order chi connectivity index (χ1) is 20.9. The van der Waals surface area contributed by atoms with Crippen molar-refractivity contribution in [1.82, 2.24) is 0 Å². The number of nitrogens with two attached hydrogens (primary N) is 1. The van der Waals surface area contributed by atoms with Crippen LogP contribution in [0.5, 0.6) is 28.7 Å².